The lowest BCUT2D eigenvalue weighted by molar-refractivity contribution is -0.131. The van der Waals surface area contributed by atoms with Crippen molar-refractivity contribution in [3.8, 4) is 5.75 Å². The molecule has 1 N–H and O–H groups in total. The standard InChI is InChI=1S/C15H17FN2O3/c1-21-13-5-3-11(9-12(13)16)4-6-15(20)18-8-2-7-17-14(19)10-18/h3-6,9H,2,7-8,10H2,1H3,(H,17,19). The molecule has 6 heteroatoms. The molecule has 0 atom stereocenters. The van der Waals surface area contributed by atoms with Crippen molar-refractivity contribution < 1.29 is 18.7 Å². The predicted octanol–water partition coefficient (Wildman–Crippen LogP) is 1.20. The molecule has 0 saturated carbocycles. The summed E-state index contributed by atoms with van der Waals surface area (Å²) in [5.41, 5.74) is 0.556. The summed E-state index contributed by atoms with van der Waals surface area (Å²) in [4.78, 5) is 24.9. The van der Waals surface area contributed by atoms with E-state index in [0.29, 0.717) is 18.7 Å². The van der Waals surface area contributed by atoms with E-state index >= 15 is 0 Å². The fourth-order valence-corrected chi connectivity index (χ4v) is 2.05. The van der Waals surface area contributed by atoms with Gasteiger partial charge in [-0.2, -0.15) is 0 Å². The van der Waals surface area contributed by atoms with Gasteiger partial charge in [0.1, 0.15) is 0 Å². The van der Waals surface area contributed by atoms with Crippen LogP contribution in [0.15, 0.2) is 24.3 Å². The molecular formula is C15H17FN2O3. The van der Waals surface area contributed by atoms with Crippen LogP contribution < -0.4 is 10.1 Å². The molecule has 1 aromatic rings. The molecule has 5 nitrogen and oxygen atoms in total. The molecule has 112 valence electrons. The minimum absolute atomic E-state index is 0.0557. The molecule has 1 aromatic carbocycles. The maximum absolute atomic E-state index is 13.5. The van der Waals surface area contributed by atoms with Crippen molar-refractivity contribution in [2.75, 3.05) is 26.7 Å². The Morgan fingerprint density at radius 2 is 2.29 bits per heavy atom. The number of carbonyl (C=O) groups excluding carboxylic acids is 2. The van der Waals surface area contributed by atoms with Crippen LogP contribution in [0.5, 0.6) is 5.75 Å². The third kappa shape index (κ3) is 4.05. The Labute approximate surface area is 122 Å². The number of ether oxygens (including phenoxy) is 1. The van der Waals surface area contributed by atoms with Crippen molar-refractivity contribution in [3.63, 3.8) is 0 Å². The van der Waals surface area contributed by atoms with Gasteiger partial charge in [0.05, 0.1) is 13.7 Å². The Kier molecular flexibility index (Phi) is 4.92. The molecule has 2 rings (SSSR count). The molecule has 0 radical (unpaired) electrons. The van der Waals surface area contributed by atoms with Crippen LogP contribution >= 0.6 is 0 Å². The molecule has 2 amide bonds. The summed E-state index contributed by atoms with van der Waals surface area (Å²) in [5.74, 6) is -0.753. The highest BCUT2D eigenvalue weighted by molar-refractivity contribution is 5.94. The number of hydrogen-bond acceptors (Lipinski definition) is 3. The van der Waals surface area contributed by atoms with E-state index in [9.17, 15) is 14.0 Å². The molecule has 0 aromatic heterocycles. The topological polar surface area (TPSA) is 58.6 Å². The maximum Gasteiger partial charge on any atom is 0.247 e. The van der Waals surface area contributed by atoms with E-state index in [1.54, 1.807) is 6.07 Å². The van der Waals surface area contributed by atoms with E-state index < -0.39 is 5.82 Å². The Morgan fingerprint density at radius 3 is 3.00 bits per heavy atom. The van der Waals surface area contributed by atoms with Gasteiger partial charge in [0.15, 0.2) is 11.6 Å². The molecule has 0 spiro atoms. The minimum atomic E-state index is -0.485. The lowest BCUT2D eigenvalue weighted by Crippen LogP contribution is -2.36. The number of nitrogens with zero attached hydrogens (tertiary/aromatic N) is 1. The van der Waals surface area contributed by atoms with Crippen LogP contribution in [-0.4, -0.2) is 43.5 Å². The quantitative estimate of drug-likeness (QED) is 0.852. The average Bonchev–Trinajstić information content (AvgIpc) is 2.69. The fourth-order valence-electron chi connectivity index (χ4n) is 2.05. The number of methoxy groups -OCH3 is 1. The number of halogens is 1. The number of benzene rings is 1. The van der Waals surface area contributed by atoms with Gasteiger partial charge >= 0.3 is 0 Å². The first-order valence-electron chi connectivity index (χ1n) is 6.67. The Hall–Kier alpha value is -2.37. The second kappa shape index (κ2) is 6.88. The van der Waals surface area contributed by atoms with Gasteiger partial charge in [-0.15, -0.1) is 0 Å². The van der Waals surface area contributed by atoms with Gasteiger partial charge in [-0.25, -0.2) is 4.39 Å². The second-order valence-corrected chi connectivity index (χ2v) is 4.69. The van der Waals surface area contributed by atoms with Crippen LogP contribution in [0.2, 0.25) is 0 Å². The van der Waals surface area contributed by atoms with Crippen molar-refractivity contribution in [1.82, 2.24) is 10.2 Å². The van der Waals surface area contributed by atoms with E-state index in [-0.39, 0.29) is 24.1 Å². The van der Waals surface area contributed by atoms with Gasteiger partial charge in [-0.1, -0.05) is 6.07 Å². The largest absolute Gasteiger partial charge is 0.494 e. The Balaban J connectivity index is 2.04. The lowest BCUT2D eigenvalue weighted by Gasteiger charge is -2.16. The van der Waals surface area contributed by atoms with Gasteiger partial charge in [0.2, 0.25) is 11.8 Å². The van der Waals surface area contributed by atoms with Crippen molar-refractivity contribution in [1.29, 1.82) is 0 Å². The molecule has 1 aliphatic heterocycles. The third-order valence-electron chi connectivity index (χ3n) is 3.17. The van der Waals surface area contributed by atoms with Gasteiger partial charge in [-0.05, 0) is 30.2 Å². The van der Waals surface area contributed by atoms with Crippen molar-refractivity contribution in [3.05, 3.63) is 35.7 Å². The number of amides is 2. The lowest BCUT2D eigenvalue weighted by atomic mass is 10.2. The number of carbonyl (C=O) groups is 2. The van der Waals surface area contributed by atoms with Crippen LogP contribution in [0, 0.1) is 5.82 Å². The Morgan fingerprint density at radius 1 is 1.48 bits per heavy atom. The van der Waals surface area contributed by atoms with Crippen LogP contribution in [0.25, 0.3) is 6.08 Å². The highest BCUT2D eigenvalue weighted by Crippen LogP contribution is 2.18. The third-order valence-corrected chi connectivity index (χ3v) is 3.17. The molecular weight excluding hydrogens is 275 g/mol. The van der Waals surface area contributed by atoms with Crippen LogP contribution in [0.4, 0.5) is 4.39 Å². The van der Waals surface area contributed by atoms with Crippen LogP contribution in [-0.2, 0) is 9.59 Å². The molecule has 1 saturated heterocycles. The van der Waals surface area contributed by atoms with E-state index in [1.807, 2.05) is 0 Å². The monoisotopic (exact) mass is 292 g/mol. The summed E-state index contributed by atoms with van der Waals surface area (Å²) in [7, 11) is 1.39. The minimum Gasteiger partial charge on any atom is -0.494 e. The molecule has 0 bridgehead atoms. The fraction of sp³-hybridized carbons (Fsp3) is 0.333. The van der Waals surface area contributed by atoms with Gasteiger partial charge < -0.3 is 15.0 Å². The summed E-state index contributed by atoms with van der Waals surface area (Å²) < 4.78 is 18.4. The van der Waals surface area contributed by atoms with Crippen molar-refractivity contribution in [2.45, 2.75) is 6.42 Å². The summed E-state index contributed by atoms with van der Waals surface area (Å²) >= 11 is 0. The zero-order chi connectivity index (χ0) is 15.2. The molecule has 1 aliphatic rings. The predicted molar refractivity (Wildman–Crippen MR) is 76.2 cm³/mol. The molecule has 0 aliphatic carbocycles. The molecule has 1 fully saturated rings. The highest BCUT2D eigenvalue weighted by atomic mass is 19.1. The number of hydrogen-bond donors (Lipinski definition) is 1. The van der Waals surface area contributed by atoms with Crippen molar-refractivity contribution >= 4 is 17.9 Å². The van der Waals surface area contributed by atoms with E-state index in [2.05, 4.69) is 5.32 Å². The Bertz CT molecular complexity index is 572. The first-order valence-corrected chi connectivity index (χ1v) is 6.67. The average molecular weight is 292 g/mol. The SMILES string of the molecule is COc1ccc(C=CC(=O)N2CCCNC(=O)C2)cc1F. The highest BCUT2D eigenvalue weighted by Gasteiger charge is 2.17. The maximum atomic E-state index is 13.5. The van der Waals surface area contributed by atoms with E-state index in [4.69, 9.17) is 4.74 Å². The number of nitrogens with one attached hydrogen (secondary N) is 1. The smallest absolute Gasteiger partial charge is 0.247 e. The molecule has 21 heavy (non-hydrogen) atoms. The zero-order valence-corrected chi connectivity index (χ0v) is 11.8. The van der Waals surface area contributed by atoms with Gasteiger partial charge in [-0.3, -0.25) is 9.59 Å². The van der Waals surface area contributed by atoms with E-state index in [0.717, 1.165) is 6.42 Å². The summed E-state index contributed by atoms with van der Waals surface area (Å²) in [6, 6.07) is 4.44. The first-order chi connectivity index (χ1) is 10.1. The van der Waals surface area contributed by atoms with Crippen LogP contribution in [0.3, 0.4) is 0 Å². The normalized spacial score (nSPS) is 15.7. The summed E-state index contributed by atoms with van der Waals surface area (Å²) in [6.07, 6.45) is 3.59. The molecule has 0 unspecified atom stereocenters. The van der Waals surface area contributed by atoms with E-state index in [1.165, 1.54) is 36.3 Å². The summed E-state index contributed by atoms with van der Waals surface area (Å²) in [6.45, 7) is 1.16. The van der Waals surface area contributed by atoms with Crippen molar-refractivity contribution in [2.24, 2.45) is 0 Å². The van der Waals surface area contributed by atoms with Crippen LogP contribution in [0.1, 0.15) is 12.0 Å². The molecule has 1 heterocycles. The van der Waals surface area contributed by atoms with Gasteiger partial charge in [0.25, 0.3) is 0 Å². The first kappa shape index (κ1) is 15.0. The zero-order valence-electron chi connectivity index (χ0n) is 11.8. The second-order valence-electron chi connectivity index (χ2n) is 4.69. The summed E-state index contributed by atoms with van der Waals surface area (Å²) in [5, 5.41) is 2.70. The van der Waals surface area contributed by atoms with Gasteiger partial charge in [0, 0.05) is 19.2 Å². The number of rotatable bonds is 3.